The molecule has 1 atom stereocenters. The standard InChI is InChI=1S/C22H25ClN4/c1-18-6-2-3-9-21(18)22(27-11-5-10-24-27)26-14-12-25(13-15-26)17-19-7-4-8-20(23)16-19/h2-11,16,22H,12-15,17H2,1H3. The van der Waals surface area contributed by atoms with Gasteiger partial charge in [-0.1, -0.05) is 48.0 Å². The lowest BCUT2D eigenvalue weighted by molar-refractivity contribution is 0.0739. The van der Waals surface area contributed by atoms with Gasteiger partial charge in [0.2, 0.25) is 0 Å². The van der Waals surface area contributed by atoms with Crippen molar-refractivity contribution in [2.75, 3.05) is 26.2 Å². The number of piperazine rings is 1. The fourth-order valence-electron chi connectivity index (χ4n) is 3.87. The SMILES string of the molecule is Cc1ccccc1C(N1CCN(Cc2cccc(Cl)c2)CC1)n1cccn1. The molecular weight excluding hydrogens is 356 g/mol. The third kappa shape index (κ3) is 4.24. The summed E-state index contributed by atoms with van der Waals surface area (Å²) in [5.41, 5.74) is 3.90. The number of halogens is 1. The molecule has 140 valence electrons. The van der Waals surface area contributed by atoms with Crippen LogP contribution in [0.1, 0.15) is 22.9 Å². The predicted molar refractivity (Wildman–Crippen MR) is 110 cm³/mol. The second-order valence-electron chi connectivity index (χ2n) is 7.16. The molecule has 4 nitrogen and oxygen atoms in total. The summed E-state index contributed by atoms with van der Waals surface area (Å²) >= 11 is 6.13. The number of aromatic nitrogens is 2. The number of hydrogen-bond donors (Lipinski definition) is 0. The molecule has 1 saturated heterocycles. The van der Waals surface area contributed by atoms with Gasteiger partial charge in [-0.15, -0.1) is 0 Å². The Bertz CT molecular complexity index is 870. The summed E-state index contributed by atoms with van der Waals surface area (Å²) in [5.74, 6) is 0. The molecule has 1 aliphatic rings. The van der Waals surface area contributed by atoms with Gasteiger partial charge < -0.3 is 0 Å². The molecular formula is C22H25ClN4. The van der Waals surface area contributed by atoms with Crippen molar-refractivity contribution in [3.63, 3.8) is 0 Å². The average molecular weight is 381 g/mol. The molecule has 0 aliphatic carbocycles. The van der Waals surface area contributed by atoms with E-state index in [1.807, 2.05) is 24.4 Å². The highest BCUT2D eigenvalue weighted by Crippen LogP contribution is 2.26. The van der Waals surface area contributed by atoms with Gasteiger partial charge >= 0.3 is 0 Å². The fourth-order valence-corrected chi connectivity index (χ4v) is 4.08. The van der Waals surface area contributed by atoms with E-state index in [1.165, 1.54) is 16.7 Å². The molecule has 0 radical (unpaired) electrons. The van der Waals surface area contributed by atoms with E-state index in [-0.39, 0.29) is 6.17 Å². The fraction of sp³-hybridized carbons (Fsp3) is 0.318. The maximum absolute atomic E-state index is 6.13. The Labute approximate surface area is 166 Å². The summed E-state index contributed by atoms with van der Waals surface area (Å²) in [5, 5.41) is 5.36. The van der Waals surface area contributed by atoms with Gasteiger partial charge in [-0.25, -0.2) is 0 Å². The van der Waals surface area contributed by atoms with Crippen LogP contribution < -0.4 is 0 Å². The lowest BCUT2D eigenvalue weighted by Gasteiger charge is -2.39. The molecule has 1 fully saturated rings. The highest BCUT2D eigenvalue weighted by atomic mass is 35.5. The van der Waals surface area contributed by atoms with Crippen molar-refractivity contribution in [2.24, 2.45) is 0 Å². The molecule has 0 amide bonds. The number of benzene rings is 2. The molecule has 4 rings (SSSR count). The summed E-state index contributed by atoms with van der Waals surface area (Å²) in [6, 6.07) is 18.8. The molecule has 3 aromatic rings. The quantitative estimate of drug-likeness (QED) is 0.662. The van der Waals surface area contributed by atoms with E-state index in [0.29, 0.717) is 0 Å². The Morgan fingerprint density at radius 2 is 1.81 bits per heavy atom. The van der Waals surface area contributed by atoms with Crippen molar-refractivity contribution < 1.29 is 0 Å². The first-order chi connectivity index (χ1) is 13.2. The van der Waals surface area contributed by atoms with E-state index in [4.69, 9.17) is 11.6 Å². The summed E-state index contributed by atoms with van der Waals surface area (Å²) in [6.07, 6.45) is 4.07. The smallest absolute Gasteiger partial charge is 0.130 e. The molecule has 0 N–H and O–H groups in total. The minimum absolute atomic E-state index is 0.148. The second-order valence-corrected chi connectivity index (χ2v) is 7.59. The van der Waals surface area contributed by atoms with Gasteiger partial charge in [0.25, 0.3) is 0 Å². The van der Waals surface area contributed by atoms with Crippen LogP contribution in [0.2, 0.25) is 5.02 Å². The predicted octanol–water partition coefficient (Wildman–Crippen LogP) is 4.21. The van der Waals surface area contributed by atoms with Crippen molar-refractivity contribution in [3.8, 4) is 0 Å². The number of aryl methyl sites for hydroxylation is 1. The van der Waals surface area contributed by atoms with Crippen LogP contribution in [0.3, 0.4) is 0 Å². The summed E-state index contributed by atoms with van der Waals surface area (Å²) < 4.78 is 2.08. The van der Waals surface area contributed by atoms with Crippen molar-refractivity contribution in [3.05, 3.63) is 88.7 Å². The van der Waals surface area contributed by atoms with E-state index >= 15 is 0 Å². The van der Waals surface area contributed by atoms with Crippen molar-refractivity contribution >= 4 is 11.6 Å². The molecule has 0 saturated carbocycles. The van der Waals surface area contributed by atoms with Gasteiger partial charge in [0, 0.05) is 50.1 Å². The lowest BCUT2D eigenvalue weighted by Crippen LogP contribution is -2.48. The van der Waals surface area contributed by atoms with E-state index < -0.39 is 0 Å². The largest absolute Gasteiger partial charge is 0.297 e. The van der Waals surface area contributed by atoms with Crippen LogP contribution in [0.25, 0.3) is 0 Å². The number of nitrogens with zero attached hydrogens (tertiary/aromatic N) is 4. The normalized spacial score (nSPS) is 17.1. The molecule has 1 aliphatic heterocycles. The minimum Gasteiger partial charge on any atom is -0.297 e. The number of hydrogen-bond acceptors (Lipinski definition) is 3. The van der Waals surface area contributed by atoms with Crippen LogP contribution in [0, 0.1) is 6.92 Å². The third-order valence-electron chi connectivity index (χ3n) is 5.29. The van der Waals surface area contributed by atoms with Crippen LogP contribution in [-0.2, 0) is 6.54 Å². The monoisotopic (exact) mass is 380 g/mol. The minimum atomic E-state index is 0.148. The molecule has 1 unspecified atom stereocenters. The van der Waals surface area contributed by atoms with Crippen LogP contribution in [0.5, 0.6) is 0 Å². The van der Waals surface area contributed by atoms with Crippen LogP contribution in [-0.4, -0.2) is 45.8 Å². The van der Waals surface area contributed by atoms with Crippen molar-refractivity contribution in [2.45, 2.75) is 19.6 Å². The maximum Gasteiger partial charge on any atom is 0.130 e. The Balaban J connectivity index is 1.48. The van der Waals surface area contributed by atoms with E-state index in [2.05, 4.69) is 69.1 Å². The van der Waals surface area contributed by atoms with E-state index in [0.717, 1.165) is 37.7 Å². The summed E-state index contributed by atoms with van der Waals surface area (Å²) in [6.45, 7) is 7.23. The van der Waals surface area contributed by atoms with Gasteiger partial charge in [-0.05, 0) is 41.8 Å². The Morgan fingerprint density at radius 3 is 2.52 bits per heavy atom. The van der Waals surface area contributed by atoms with Gasteiger partial charge in [-0.2, -0.15) is 5.10 Å². The van der Waals surface area contributed by atoms with Crippen LogP contribution in [0.4, 0.5) is 0 Å². The van der Waals surface area contributed by atoms with Crippen LogP contribution >= 0.6 is 11.6 Å². The van der Waals surface area contributed by atoms with Crippen LogP contribution in [0.15, 0.2) is 67.0 Å². The van der Waals surface area contributed by atoms with Gasteiger partial charge in [0.05, 0.1) is 0 Å². The molecule has 5 heteroatoms. The van der Waals surface area contributed by atoms with Gasteiger partial charge in [0.15, 0.2) is 0 Å². The zero-order valence-corrected chi connectivity index (χ0v) is 16.4. The zero-order chi connectivity index (χ0) is 18.6. The first kappa shape index (κ1) is 18.2. The van der Waals surface area contributed by atoms with E-state index in [1.54, 1.807) is 0 Å². The molecule has 27 heavy (non-hydrogen) atoms. The molecule has 2 heterocycles. The molecule has 1 aromatic heterocycles. The average Bonchev–Trinajstić information content (AvgIpc) is 3.19. The van der Waals surface area contributed by atoms with Gasteiger partial charge in [0.1, 0.15) is 6.17 Å². The second kappa shape index (κ2) is 8.26. The Hall–Kier alpha value is -2.14. The first-order valence-corrected chi connectivity index (χ1v) is 9.84. The molecule has 0 spiro atoms. The van der Waals surface area contributed by atoms with E-state index in [9.17, 15) is 0 Å². The summed E-state index contributed by atoms with van der Waals surface area (Å²) in [7, 11) is 0. The molecule has 2 aromatic carbocycles. The topological polar surface area (TPSA) is 24.3 Å². The third-order valence-corrected chi connectivity index (χ3v) is 5.53. The summed E-state index contributed by atoms with van der Waals surface area (Å²) in [4.78, 5) is 5.03. The van der Waals surface area contributed by atoms with Crippen molar-refractivity contribution in [1.82, 2.24) is 19.6 Å². The lowest BCUT2D eigenvalue weighted by atomic mass is 10.0. The number of rotatable bonds is 5. The highest BCUT2D eigenvalue weighted by molar-refractivity contribution is 6.30. The Kier molecular flexibility index (Phi) is 5.58. The Morgan fingerprint density at radius 1 is 1.00 bits per heavy atom. The maximum atomic E-state index is 6.13. The highest BCUT2D eigenvalue weighted by Gasteiger charge is 2.27. The van der Waals surface area contributed by atoms with Crippen molar-refractivity contribution in [1.29, 1.82) is 0 Å². The zero-order valence-electron chi connectivity index (χ0n) is 15.6. The molecule has 0 bridgehead atoms. The first-order valence-electron chi connectivity index (χ1n) is 9.46. The van der Waals surface area contributed by atoms with Gasteiger partial charge in [-0.3, -0.25) is 14.5 Å².